The molecule has 0 saturated heterocycles. The van der Waals surface area contributed by atoms with Crippen molar-refractivity contribution < 1.29 is 9.59 Å². The van der Waals surface area contributed by atoms with E-state index in [0.717, 1.165) is 33.7 Å². The van der Waals surface area contributed by atoms with Gasteiger partial charge in [0.05, 0.1) is 11.8 Å². The predicted octanol–water partition coefficient (Wildman–Crippen LogP) is 6.44. The number of carbonyl (C=O) groups is 2. The highest BCUT2D eigenvalue weighted by Crippen LogP contribution is 2.40. The highest BCUT2D eigenvalue weighted by molar-refractivity contribution is 8.15. The number of hydrogen-bond acceptors (Lipinski definition) is 5. The Kier molecular flexibility index (Phi) is 7.17. The number of hydrogen-bond donors (Lipinski definition) is 1. The molecule has 0 saturated carbocycles. The summed E-state index contributed by atoms with van der Waals surface area (Å²) in [7, 11) is 0. The van der Waals surface area contributed by atoms with Gasteiger partial charge in [-0.05, 0) is 61.2 Å². The van der Waals surface area contributed by atoms with E-state index >= 15 is 0 Å². The number of rotatable bonds is 5. The monoisotopic (exact) mass is 530 g/mol. The summed E-state index contributed by atoms with van der Waals surface area (Å²) in [6.07, 6.45) is 0.654. The lowest BCUT2D eigenvalue weighted by atomic mass is 9.98. The average Bonchev–Trinajstić information content (AvgIpc) is 3.46. The molecule has 8 heteroatoms. The molecule has 3 aromatic carbocycles. The van der Waals surface area contributed by atoms with Crippen LogP contribution >= 0.6 is 23.4 Å². The molecule has 2 amide bonds. The largest absolute Gasteiger partial charge is 0.326 e. The molecule has 2 aliphatic rings. The van der Waals surface area contributed by atoms with E-state index in [2.05, 4.69) is 34.6 Å². The first-order valence-corrected chi connectivity index (χ1v) is 13.4. The molecule has 0 aliphatic carbocycles. The maximum Gasteiger partial charge on any atom is 0.262 e. The summed E-state index contributed by atoms with van der Waals surface area (Å²) in [5.41, 5.74) is 6.97. The third-order valence-corrected chi connectivity index (χ3v) is 8.13. The second-order valence-electron chi connectivity index (χ2n) is 9.39. The summed E-state index contributed by atoms with van der Waals surface area (Å²) in [5.74, 6) is -0.550. The highest BCUT2D eigenvalue weighted by atomic mass is 35.5. The number of nitrogens with one attached hydrogen (secondary N) is 1. The minimum atomic E-state index is -0.605. The molecule has 0 spiro atoms. The van der Waals surface area contributed by atoms with E-state index in [4.69, 9.17) is 16.7 Å². The summed E-state index contributed by atoms with van der Waals surface area (Å²) >= 11 is 7.85. The molecular weight excluding hydrogens is 504 g/mol. The number of aryl methyl sites for hydroxylation is 3. The van der Waals surface area contributed by atoms with Crippen LogP contribution < -0.4 is 5.32 Å². The molecule has 1 N–H and O–H groups in total. The molecule has 0 radical (unpaired) electrons. The lowest BCUT2D eigenvalue weighted by Gasteiger charge is -2.23. The van der Waals surface area contributed by atoms with Crippen LogP contribution in [-0.4, -0.2) is 33.0 Å². The van der Waals surface area contributed by atoms with Crippen molar-refractivity contribution in [2.75, 3.05) is 5.32 Å². The van der Waals surface area contributed by atoms with E-state index in [-0.39, 0.29) is 24.3 Å². The van der Waals surface area contributed by atoms with Gasteiger partial charge < -0.3 is 5.32 Å². The highest BCUT2D eigenvalue weighted by Gasteiger charge is 2.39. The van der Waals surface area contributed by atoms with Gasteiger partial charge >= 0.3 is 0 Å². The summed E-state index contributed by atoms with van der Waals surface area (Å²) in [6, 6.07) is 21.4. The molecule has 2 unspecified atom stereocenters. The van der Waals surface area contributed by atoms with E-state index in [1.807, 2.05) is 63.2 Å². The Labute approximate surface area is 225 Å². The maximum absolute atomic E-state index is 12.8. The van der Waals surface area contributed by atoms with Crippen molar-refractivity contribution in [1.82, 2.24) is 5.01 Å². The van der Waals surface area contributed by atoms with Crippen LogP contribution in [0.3, 0.4) is 0 Å². The van der Waals surface area contributed by atoms with Crippen LogP contribution in [0.5, 0.6) is 0 Å². The number of carbonyl (C=O) groups excluding carboxylic acids is 2. The third-order valence-electron chi connectivity index (χ3n) is 6.65. The van der Waals surface area contributed by atoms with Crippen LogP contribution in [0.1, 0.15) is 46.7 Å². The number of halogens is 1. The van der Waals surface area contributed by atoms with Crippen LogP contribution in [-0.2, 0) is 9.59 Å². The first-order chi connectivity index (χ1) is 17.8. The van der Waals surface area contributed by atoms with Crippen molar-refractivity contribution in [1.29, 1.82) is 0 Å². The molecular formula is C29H27ClN4O2S. The smallest absolute Gasteiger partial charge is 0.262 e. The van der Waals surface area contributed by atoms with Crippen LogP contribution in [0.4, 0.5) is 5.69 Å². The van der Waals surface area contributed by atoms with Gasteiger partial charge in [0.2, 0.25) is 5.91 Å². The van der Waals surface area contributed by atoms with E-state index in [1.165, 1.54) is 17.3 Å². The zero-order chi connectivity index (χ0) is 26.1. The van der Waals surface area contributed by atoms with Crippen molar-refractivity contribution in [3.63, 3.8) is 0 Å². The Morgan fingerprint density at radius 2 is 1.81 bits per heavy atom. The molecule has 3 aromatic rings. The number of hydrazone groups is 1. The number of anilines is 1. The quantitative estimate of drug-likeness (QED) is 0.411. The fourth-order valence-electron chi connectivity index (χ4n) is 4.40. The first kappa shape index (κ1) is 25.2. The van der Waals surface area contributed by atoms with Crippen molar-refractivity contribution in [2.24, 2.45) is 10.1 Å². The van der Waals surface area contributed by atoms with Crippen LogP contribution in [0.2, 0.25) is 5.02 Å². The normalized spacial score (nSPS) is 19.1. The Balaban J connectivity index is 1.35. The molecule has 0 aromatic heterocycles. The number of thioether (sulfide) groups is 1. The fraction of sp³-hybridized carbons (Fsp3) is 0.241. The summed E-state index contributed by atoms with van der Waals surface area (Å²) in [4.78, 5) is 29.9. The minimum absolute atomic E-state index is 0.0303. The van der Waals surface area contributed by atoms with Crippen molar-refractivity contribution in [2.45, 2.75) is 44.9 Å². The molecule has 6 nitrogen and oxygen atoms in total. The van der Waals surface area contributed by atoms with Crippen molar-refractivity contribution in [3.8, 4) is 0 Å². The summed E-state index contributed by atoms with van der Waals surface area (Å²) in [5, 5.41) is 10.1. The molecule has 2 heterocycles. The Hall–Kier alpha value is -3.42. The SMILES string of the molecule is Cc1ccc(C2=NN(C3=NC(=O)C(CC(=O)Nc4ccc(C)c(C)c4)S3)C(c3ccccc3Cl)C2)cc1. The van der Waals surface area contributed by atoms with Gasteiger partial charge in [0.1, 0.15) is 5.25 Å². The number of amidine groups is 1. The number of nitrogens with zero attached hydrogens (tertiary/aromatic N) is 3. The molecule has 2 atom stereocenters. The molecule has 0 bridgehead atoms. The first-order valence-electron chi connectivity index (χ1n) is 12.1. The Morgan fingerprint density at radius 1 is 1.05 bits per heavy atom. The number of aliphatic imine (C=N–C) groups is 1. The van der Waals surface area contributed by atoms with Gasteiger partial charge in [-0.3, -0.25) is 9.59 Å². The molecule has 5 rings (SSSR count). The van der Waals surface area contributed by atoms with Gasteiger partial charge in [-0.15, -0.1) is 0 Å². The van der Waals surface area contributed by atoms with Crippen molar-refractivity contribution >= 4 is 51.7 Å². The molecule has 37 heavy (non-hydrogen) atoms. The number of amides is 2. The van der Waals surface area contributed by atoms with Gasteiger partial charge in [-0.1, -0.05) is 77.5 Å². The van der Waals surface area contributed by atoms with Gasteiger partial charge in [0.25, 0.3) is 5.91 Å². The van der Waals surface area contributed by atoms with Gasteiger partial charge in [0, 0.05) is 23.6 Å². The Bertz CT molecular complexity index is 1430. The summed E-state index contributed by atoms with van der Waals surface area (Å²) < 4.78 is 0. The minimum Gasteiger partial charge on any atom is -0.326 e. The predicted molar refractivity (Wildman–Crippen MR) is 151 cm³/mol. The second-order valence-corrected chi connectivity index (χ2v) is 11.0. The van der Waals surface area contributed by atoms with Gasteiger partial charge in [-0.25, -0.2) is 5.01 Å². The van der Waals surface area contributed by atoms with E-state index < -0.39 is 5.25 Å². The fourth-order valence-corrected chi connectivity index (χ4v) is 5.72. The summed E-state index contributed by atoms with van der Waals surface area (Å²) in [6.45, 7) is 6.07. The lowest BCUT2D eigenvalue weighted by Crippen LogP contribution is -2.25. The van der Waals surface area contributed by atoms with Gasteiger partial charge in [0.15, 0.2) is 5.17 Å². The zero-order valence-corrected chi connectivity index (χ0v) is 22.4. The lowest BCUT2D eigenvalue weighted by molar-refractivity contribution is -0.121. The average molecular weight is 531 g/mol. The molecule has 2 aliphatic heterocycles. The van der Waals surface area contributed by atoms with Gasteiger partial charge in [-0.2, -0.15) is 10.1 Å². The van der Waals surface area contributed by atoms with E-state index in [1.54, 1.807) is 5.01 Å². The van der Waals surface area contributed by atoms with Crippen molar-refractivity contribution in [3.05, 3.63) is 99.6 Å². The van der Waals surface area contributed by atoms with E-state index in [9.17, 15) is 9.59 Å². The standard InChI is InChI=1S/C29H27ClN4O2S/c1-17-8-11-20(12-9-17)24-15-25(22-6-4-5-7-23(22)30)34(33-24)29-32-28(36)26(37-29)16-27(35)31-21-13-10-18(2)19(3)14-21/h4-14,25-26H,15-16H2,1-3H3,(H,31,35). The maximum atomic E-state index is 12.8. The second kappa shape index (κ2) is 10.5. The van der Waals surface area contributed by atoms with Crippen LogP contribution in [0, 0.1) is 20.8 Å². The van der Waals surface area contributed by atoms with Crippen LogP contribution in [0.25, 0.3) is 0 Å². The topological polar surface area (TPSA) is 74.1 Å². The molecule has 0 fully saturated rings. The Morgan fingerprint density at radius 3 is 2.54 bits per heavy atom. The van der Waals surface area contributed by atoms with E-state index in [0.29, 0.717) is 16.6 Å². The van der Waals surface area contributed by atoms with Crippen LogP contribution in [0.15, 0.2) is 76.8 Å². The zero-order valence-electron chi connectivity index (χ0n) is 20.9. The third kappa shape index (κ3) is 5.48. The molecule has 188 valence electrons. The number of benzene rings is 3.